The van der Waals surface area contributed by atoms with Crippen molar-refractivity contribution in [2.24, 2.45) is 0 Å². The van der Waals surface area contributed by atoms with Gasteiger partial charge in [0, 0.05) is 4.90 Å². The fourth-order valence-electron chi connectivity index (χ4n) is 1.88. The highest BCUT2D eigenvalue weighted by atomic mass is 32.1. The number of thiol groups is 1. The third-order valence-electron chi connectivity index (χ3n) is 2.88. The minimum Gasteiger partial charge on any atom is -0.453 e. The van der Waals surface area contributed by atoms with Crippen LogP contribution in [0.1, 0.15) is 0 Å². The molecule has 0 aliphatic carbocycles. The van der Waals surface area contributed by atoms with Crippen molar-refractivity contribution in [2.45, 2.75) is 4.90 Å². The summed E-state index contributed by atoms with van der Waals surface area (Å²) in [5.41, 5.74) is 0. The van der Waals surface area contributed by atoms with Crippen molar-refractivity contribution in [2.75, 3.05) is 0 Å². The second-order valence-electron chi connectivity index (χ2n) is 4.46. The Balaban J connectivity index is 1.84. The second kappa shape index (κ2) is 6.37. The van der Waals surface area contributed by atoms with Gasteiger partial charge in [-0.2, -0.15) is 0 Å². The molecule has 21 heavy (non-hydrogen) atoms. The van der Waals surface area contributed by atoms with Crippen molar-refractivity contribution < 1.29 is 9.47 Å². The van der Waals surface area contributed by atoms with E-state index in [0.717, 1.165) is 16.4 Å². The lowest BCUT2D eigenvalue weighted by molar-refractivity contribution is 0.418. The van der Waals surface area contributed by atoms with Gasteiger partial charge in [-0.15, -0.1) is 12.6 Å². The first-order chi connectivity index (χ1) is 10.3. The number of benzene rings is 3. The topological polar surface area (TPSA) is 18.5 Å². The summed E-state index contributed by atoms with van der Waals surface area (Å²) in [6.07, 6.45) is 0. The van der Waals surface area contributed by atoms with Crippen molar-refractivity contribution in [1.29, 1.82) is 0 Å². The van der Waals surface area contributed by atoms with Crippen LogP contribution in [0.25, 0.3) is 0 Å². The van der Waals surface area contributed by atoms with Gasteiger partial charge in [0.05, 0.1) is 0 Å². The fraction of sp³-hybridized carbons (Fsp3) is 0. The summed E-state index contributed by atoms with van der Waals surface area (Å²) in [6, 6.07) is 24.8. The Morgan fingerprint density at radius 1 is 0.524 bits per heavy atom. The Bertz CT molecular complexity index is 709. The molecule has 0 saturated carbocycles. The van der Waals surface area contributed by atoms with E-state index in [4.69, 9.17) is 9.47 Å². The van der Waals surface area contributed by atoms with E-state index >= 15 is 0 Å². The van der Waals surface area contributed by atoms with Gasteiger partial charge in [-0.05, 0) is 48.5 Å². The van der Waals surface area contributed by atoms with Crippen molar-refractivity contribution in [3.63, 3.8) is 0 Å². The summed E-state index contributed by atoms with van der Waals surface area (Å²) in [5.74, 6) is 2.88. The van der Waals surface area contributed by atoms with E-state index in [1.807, 2.05) is 78.9 Å². The summed E-state index contributed by atoms with van der Waals surface area (Å²) in [6.45, 7) is 0. The van der Waals surface area contributed by atoms with Crippen LogP contribution in [-0.2, 0) is 0 Å². The molecular weight excluding hydrogens is 280 g/mol. The third-order valence-corrected chi connectivity index (χ3v) is 3.18. The Kier molecular flexibility index (Phi) is 4.12. The predicted molar refractivity (Wildman–Crippen MR) is 86.7 cm³/mol. The normalized spacial score (nSPS) is 10.1. The summed E-state index contributed by atoms with van der Waals surface area (Å²) in [5, 5.41) is 0. The standard InChI is InChI=1S/C18H14O2S/c21-16-12-10-15(11-13-16)20-18-9-5-4-8-17(18)19-14-6-2-1-3-7-14/h1-13,21H. The second-order valence-corrected chi connectivity index (χ2v) is 4.97. The maximum Gasteiger partial charge on any atom is 0.169 e. The van der Waals surface area contributed by atoms with Crippen LogP contribution in [-0.4, -0.2) is 0 Å². The molecule has 0 heterocycles. The van der Waals surface area contributed by atoms with E-state index in [2.05, 4.69) is 12.6 Å². The lowest BCUT2D eigenvalue weighted by atomic mass is 10.3. The van der Waals surface area contributed by atoms with Gasteiger partial charge in [0.15, 0.2) is 11.5 Å². The molecular formula is C18H14O2S. The SMILES string of the molecule is Sc1ccc(Oc2ccccc2Oc2ccccc2)cc1. The Morgan fingerprint density at radius 3 is 1.57 bits per heavy atom. The first-order valence-electron chi connectivity index (χ1n) is 6.60. The van der Waals surface area contributed by atoms with Crippen molar-refractivity contribution >= 4 is 12.6 Å². The molecule has 0 N–H and O–H groups in total. The van der Waals surface area contributed by atoms with Crippen molar-refractivity contribution in [1.82, 2.24) is 0 Å². The van der Waals surface area contributed by atoms with Crippen molar-refractivity contribution in [3.05, 3.63) is 78.9 Å². The maximum absolute atomic E-state index is 5.88. The summed E-state index contributed by atoms with van der Waals surface area (Å²) >= 11 is 4.26. The molecule has 0 amide bonds. The summed E-state index contributed by atoms with van der Waals surface area (Å²) in [7, 11) is 0. The average Bonchev–Trinajstić information content (AvgIpc) is 2.52. The van der Waals surface area contributed by atoms with Crippen molar-refractivity contribution in [3.8, 4) is 23.0 Å². The van der Waals surface area contributed by atoms with Crippen LogP contribution in [0.4, 0.5) is 0 Å². The van der Waals surface area contributed by atoms with Crippen LogP contribution < -0.4 is 9.47 Å². The van der Waals surface area contributed by atoms with Gasteiger partial charge >= 0.3 is 0 Å². The molecule has 3 aromatic rings. The van der Waals surface area contributed by atoms with E-state index in [-0.39, 0.29) is 0 Å². The van der Waals surface area contributed by atoms with Gasteiger partial charge in [0.2, 0.25) is 0 Å². The first-order valence-corrected chi connectivity index (χ1v) is 7.05. The molecule has 104 valence electrons. The van der Waals surface area contributed by atoms with Gasteiger partial charge in [-0.25, -0.2) is 0 Å². The minimum absolute atomic E-state index is 0.674. The molecule has 0 fully saturated rings. The molecule has 3 rings (SSSR count). The largest absolute Gasteiger partial charge is 0.453 e. The monoisotopic (exact) mass is 294 g/mol. The highest BCUT2D eigenvalue weighted by molar-refractivity contribution is 7.80. The third kappa shape index (κ3) is 3.58. The lowest BCUT2D eigenvalue weighted by Gasteiger charge is -2.12. The van der Waals surface area contributed by atoms with Crippen LogP contribution in [0.3, 0.4) is 0 Å². The lowest BCUT2D eigenvalue weighted by Crippen LogP contribution is -1.90. The molecule has 3 aromatic carbocycles. The number of rotatable bonds is 4. The number of para-hydroxylation sites is 3. The Morgan fingerprint density at radius 2 is 1.00 bits per heavy atom. The highest BCUT2D eigenvalue weighted by Gasteiger charge is 2.06. The zero-order chi connectivity index (χ0) is 14.5. The van der Waals surface area contributed by atoms with Gasteiger partial charge in [0.25, 0.3) is 0 Å². The average molecular weight is 294 g/mol. The molecule has 0 radical (unpaired) electrons. The van der Waals surface area contributed by atoms with Crippen LogP contribution in [0, 0.1) is 0 Å². The van der Waals surface area contributed by atoms with Gasteiger partial charge < -0.3 is 9.47 Å². The van der Waals surface area contributed by atoms with E-state index in [9.17, 15) is 0 Å². The van der Waals surface area contributed by atoms with Crippen LogP contribution >= 0.6 is 12.6 Å². The van der Waals surface area contributed by atoms with Crippen LogP contribution in [0.2, 0.25) is 0 Å². The summed E-state index contributed by atoms with van der Waals surface area (Å²) < 4.78 is 11.7. The fourth-order valence-corrected chi connectivity index (χ4v) is 2.02. The zero-order valence-corrected chi connectivity index (χ0v) is 12.2. The molecule has 2 nitrogen and oxygen atoms in total. The van der Waals surface area contributed by atoms with Crippen LogP contribution in [0.15, 0.2) is 83.8 Å². The Hall–Kier alpha value is -2.39. The minimum atomic E-state index is 0.674. The van der Waals surface area contributed by atoms with Gasteiger partial charge in [-0.3, -0.25) is 0 Å². The molecule has 0 aliphatic rings. The quantitative estimate of drug-likeness (QED) is 0.635. The molecule has 0 bridgehead atoms. The number of hydrogen-bond acceptors (Lipinski definition) is 3. The molecule has 0 unspecified atom stereocenters. The van der Waals surface area contributed by atoms with E-state index < -0.39 is 0 Å². The maximum atomic E-state index is 5.88. The smallest absolute Gasteiger partial charge is 0.169 e. The highest BCUT2D eigenvalue weighted by Crippen LogP contribution is 2.34. The molecule has 0 spiro atoms. The molecule has 0 saturated heterocycles. The van der Waals surface area contributed by atoms with Gasteiger partial charge in [0.1, 0.15) is 11.5 Å². The molecule has 0 atom stereocenters. The van der Waals surface area contributed by atoms with E-state index in [0.29, 0.717) is 11.5 Å². The number of ether oxygens (including phenoxy) is 2. The first kappa shape index (κ1) is 13.6. The Labute approximate surface area is 129 Å². The molecule has 0 aromatic heterocycles. The van der Waals surface area contributed by atoms with Crippen LogP contribution in [0.5, 0.6) is 23.0 Å². The number of hydrogen-bond donors (Lipinski definition) is 1. The molecule has 0 aliphatic heterocycles. The summed E-state index contributed by atoms with van der Waals surface area (Å²) in [4.78, 5) is 0.899. The van der Waals surface area contributed by atoms with E-state index in [1.54, 1.807) is 0 Å². The molecule has 3 heteroatoms. The van der Waals surface area contributed by atoms with E-state index in [1.165, 1.54) is 0 Å². The predicted octanol–water partition coefficient (Wildman–Crippen LogP) is 5.56. The zero-order valence-electron chi connectivity index (χ0n) is 11.3. The van der Waals surface area contributed by atoms with Gasteiger partial charge in [-0.1, -0.05) is 30.3 Å².